The van der Waals surface area contributed by atoms with E-state index in [9.17, 15) is 4.79 Å². The smallest absolute Gasteiger partial charge is 0.244 e. The zero-order valence-corrected chi connectivity index (χ0v) is 13.4. The molecule has 5 nitrogen and oxygen atoms in total. The Balaban J connectivity index is 1.64. The second-order valence-electron chi connectivity index (χ2n) is 5.34. The number of likely N-dealkylation sites (tertiary alicyclic amines) is 1. The first-order valence-corrected chi connectivity index (χ1v) is 8.19. The Kier molecular flexibility index (Phi) is 4.26. The molecule has 1 aliphatic rings. The Morgan fingerprint density at radius 3 is 3.05 bits per heavy atom. The van der Waals surface area contributed by atoms with Crippen molar-refractivity contribution in [3.63, 3.8) is 0 Å². The predicted octanol–water partition coefficient (Wildman–Crippen LogP) is 2.71. The van der Waals surface area contributed by atoms with Gasteiger partial charge in [0, 0.05) is 36.3 Å². The maximum atomic E-state index is 12.4. The van der Waals surface area contributed by atoms with Crippen LogP contribution in [-0.4, -0.2) is 38.7 Å². The molecule has 112 valence electrons. The average molecular weight is 325 g/mol. The van der Waals surface area contributed by atoms with Crippen LogP contribution in [0.3, 0.4) is 0 Å². The van der Waals surface area contributed by atoms with E-state index < -0.39 is 0 Å². The molecule has 2 aromatic rings. The maximum Gasteiger partial charge on any atom is 0.244 e. The van der Waals surface area contributed by atoms with Gasteiger partial charge in [-0.1, -0.05) is 11.6 Å². The normalized spacial score (nSPS) is 19.0. The molecule has 0 spiro atoms. The van der Waals surface area contributed by atoms with Crippen LogP contribution in [0.5, 0.6) is 0 Å². The number of carbonyl (C=O) groups is 1. The Hall–Kier alpha value is -1.40. The van der Waals surface area contributed by atoms with Gasteiger partial charge in [-0.05, 0) is 19.8 Å². The van der Waals surface area contributed by atoms with E-state index in [2.05, 4.69) is 17.0 Å². The lowest BCUT2D eigenvalue weighted by atomic mass is 9.99. The van der Waals surface area contributed by atoms with Gasteiger partial charge in [0.2, 0.25) is 5.91 Å². The molecule has 1 amide bonds. The maximum absolute atomic E-state index is 12.4. The quantitative estimate of drug-likeness (QED) is 0.872. The van der Waals surface area contributed by atoms with Crippen LogP contribution in [0.25, 0.3) is 0 Å². The largest absolute Gasteiger partial charge is 0.340 e. The lowest BCUT2D eigenvalue weighted by Crippen LogP contribution is -2.40. The number of hydrogen-bond donors (Lipinski definition) is 0. The lowest BCUT2D eigenvalue weighted by Gasteiger charge is -2.31. The lowest BCUT2D eigenvalue weighted by molar-refractivity contribution is -0.133. The minimum Gasteiger partial charge on any atom is -0.340 e. The molecule has 2 aromatic heterocycles. The zero-order chi connectivity index (χ0) is 14.8. The van der Waals surface area contributed by atoms with Crippen LogP contribution in [0.4, 0.5) is 0 Å². The number of halogens is 1. The minimum absolute atomic E-state index is 0.0905. The second-order valence-corrected chi connectivity index (χ2v) is 7.05. The highest BCUT2D eigenvalue weighted by Crippen LogP contribution is 2.29. The minimum atomic E-state index is 0.0905. The number of carbonyl (C=O) groups excluding carboxylic acids is 1. The van der Waals surface area contributed by atoms with Crippen molar-refractivity contribution in [2.24, 2.45) is 0 Å². The summed E-state index contributed by atoms with van der Waals surface area (Å²) in [5, 5.41) is 5.76. The summed E-state index contributed by atoms with van der Waals surface area (Å²) in [7, 11) is 0. The third kappa shape index (κ3) is 3.44. The van der Waals surface area contributed by atoms with Crippen LogP contribution in [0.15, 0.2) is 18.6 Å². The van der Waals surface area contributed by atoms with Crippen LogP contribution in [0.1, 0.15) is 28.6 Å². The number of hydrogen-bond acceptors (Lipinski definition) is 4. The van der Waals surface area contributed by atoms with Gasteiger partial charge in [-0.25, -0.2) is 4.98 Å². The third-order valence-electron chi connectivity index (χ3n) is 3.66. The SMILES string of the molecule is Cc1cnc(C2CCCN(C(=O)Cn3cc(Cl)cn3)C2)s1. The number of aryl methyl sites for hydroxylation is 1. The number of nitrogens with zero attached hydrogens (tertiary/aromatic N) is 4. The molecule has 0 aliphatic carbocycles. The molecule has 3 heterocycles. The average Bonchev–Trinajstić information content (AvgIpc) is 3.08. The first-order chi connectivity index (χ1) is 10.1. The Labute approximate surface area is 132 Å². The van der Waals surface area contributed by atoms with Crippen LogP contribution in [0, 0.1) is 6.92 Å². The fraction of sp³-hybridized carbons (Fsp3) is 0.500. The fourth-order valence-corrected chi connectivity index (χ4v) is 3.69. The molecule has 1 saturated heterocycles. The molecule has 1 fully saturated rings. The molecule has 0 bridgehead atoms. The number of thiazole rings is 1. The summed E-state index contributed by atoms with van der Waals surface area (Å²) >= 11 is 7.55. The highest BCUT2D eigenvalue weighted by atomic mass is 35.5. The molecule has 0 N–H and O–H groups in total. The van der Waals surface area contributed by atoms with Crippen LogP contribution >= 0.6 is 22.9 Å². The topological polar surface area (TPSA) is 51.0 Å². The second kappa shape index (κ2) is 6.15. The van der Waals surface area contributed by atoms with E-state index in [0.29, 0.717) is 10.9 Å². The van der Waals surface area contributed by atoms with Gasteiger partial charge in [0.25, 0.3) is 0 Å². The van der Waals surface area contributed by atoms with Crippen LogP contribution < -0.4 is 0 Å². The summed E-state index contributed by atoms with van der Waals surface area (Å²) in [6, 6.07) is 0. The molecule has 1 aliphatic heterocycles. The molecule has 0 aromatic carbocycles. The summed E-state index contributed by atoms with van der Waals surface area (Å²) in [6.07, 6.45) is 7.25. The van der Waals surface area contributed by atoms with Crippen molar-refractivity contribution in [3.05, 3.63) is 33.5 Å². The van der Waals surface area contributed by atoms with Gasteiger partial charge in [0.05, 0.1) is 16.2 Å². The zero-order valence-electron chi connectivity index (χ0n) is 11.8. The molecule has 7 heteroatoms. The number of piperidine rings is 1. The monoisotopic (exact) mass is 324 g/mol. The Morgan fingerprint density at radius 1 is 1.52 bits per heavy atom. The summed E-state index contributed by atoms with van der Waals surface area (Å²) in [6.45, 7) is 3.88. The highest BCUT2D eigenvalue weighted by Gasteiger charge is 2.26. The van der Waals surface area contributed by atoms with Crippen molar-refractivity contribution >= 4 is 28.8 Å². The summed E-state index contributed by atoms with van der Waals surface area (Å²) in [5.74, 6) is 0.454. The van der Waals surface area contributed by atoms with Gasteiger partial charge in [-0.2, -0.15) is 5.10 Å². The van der Waals surface area contributed by atoms with Crippen molar-refractivity contribution in [1.29, 1.82) is 0 Å². The summed E-state index contributed by atoms with van der Waals surface area (Å²) in [4.78, 5) is 20.0. The summed E-state index contributed by atoms with van der Waals surface area (Å²) < 4.78 is 1.59. The Morgan fingerprint density at radius 2 is 2.38 bits per heavy atom. The number of aromatic nitrogens is 3. The van der Waals surface area contributed by atoms with E-state index in [1.807, 2.05) is 11.1 Å². The Bertz CT molecular complexity index is 638. The standard InChI is InChI=1S/C14H17ClN4OS/c1-10-5-16-14(21-10)11-3-2-4-18(7-11)13(20)9-19-8-12(15)6-17-19/h5-6,8,11H,2-4,7,9H2,1H3. The van der Waals surface area contributed by atoms with Crippen molar-refractivity contribution in [3.8, 4) is 0 Å². The molecular weight excluding hydrogens is 308 g/mol. The van der Waals surface area contributed by atoms with Gasteiger partial charge in [-0.15, -0.1) is 11.3 Å². The fourth-order valence-electron chi connectivity index (χ4n) is 2.63. The predicted molar refractivity (Wildman–Crippen MR) is 82.6 cm³/mol. The first kappa shape index (κ1) is 14.5. The van der Waals surface area contributed by atoms with Crippen molar-refractivity contribution in [2.75, 3.05) is 13.1 Å². The molecule has 0 radical (unpaired) electrons. The molecule has 1 unspecified atom stereocenters. The first-order valence-electron chi connectivity index (χ1n) is 7.00. The molecule has 3 rings (SSSR count). The van der Waals surface area contributed by atoms with E-state index in [4.69, 9.17) is 11.6 Å². The molecular formula is C14H17ClN4OS. The van der Waals surface area contributed by atoms with Gasteiger partial charge < -0.3 is 4.90 Å². The van der Waals surface area contributed by atoms with E-state index in [0.717, 1.165) is 30.9 Å². The number of rotatable bonds is 3. The van der Waals surface area contributed by atoms with Gasteiger partial charge in [-0.3, -0.25) is 9.48 Å². The number of amides is 1. The van der Waals surface area contributed by atoms with Gasteiger partial charge in [0.1, 0.15) is 6.54 Å². The van der Waals surface area contributed by atoms with Crippen molar-refractivity contribution < 1.29 is 4.79 Å². The van der Waals surface area contributed by atoms with Gasteiger partial charge >= 0.3 is 0 Å². The molecule has 0 saturated carbocycles. The van der Waals surface area contributed by atoms with Crippen molar-refractivity contribution in [2.45, 2.75) is 32.2 Å². The van der Waals surface area contributed by atoms with Crippen LogP contribution in [0.2, 0.25) is 5.02 Å². The summed E-state index contributed by atoms with van der Waals surface area (Å²) in [5.41, 5.74) is 0. The van der Waals surface area contributed by atoms with E-state index in [1.165, 1.54) is 4.88 Å². The molecule has 21 heavy (non-hydrogen) atoms. The van der Waals surface area contributed by atoms with E-state index in [-0.39, 0.29) is 12.5 Å². The third-order valence-corrected chi connectivity index (χ3v) is 4.93. The van der Waals surface area contributed by atoms with Crippen LogP contribution in [-0.2, 0) is 11.3 Å². The van der Waals surface area contributed by atoms with E-state index >= 15 is 0 Å². The van der Waals surface area contributed by atoms with E-state index in [1.54, 1.807) is 28.4 Å². The molecule has 1 atom stereocenters. The highest BCUT2D eigenvalue weighted by molar-refractivity contribution is 7.11. The van der Waals surface area contributed by atoms with Gasteiger partial charge in [0.15, 0.2) is 0 Å². The van der Waals surface area contributed by atoms with Crippen molar-refractivity contribution in [1.82, 2.24) is 19.7 Å².